The number of esters is 2. The minimum Gasteiger partial charge on any atom is -0.422 e. The standard InChI is InChI=1S/C19H18N2O7/c1-10(22)26-18(27-11(2)23)19-7-6-13(28-19)14-15(19)17(25)21(16(14)24)9-12-5-3-4-8-20-12/h3-8,13-15,18H,9H2,1-2H3/t13-,14+,15+,19+/m1/s1. The highest BCUT2D eigenvalue weighted by Gasteiger charge is 2.71. The van der Waals surface area contributed by atoms with E-state index in [4.69, 9.17) is 14.2 Å². The molecule has 2 amide bonds. The number of nitrogens with zero attached hydrogens (tertiary/aromatic N) is 2. The van der Waals surface area contributed by atoms with Crippen molar-refractivity contribution in [2.24, 2.45) is 11.8 Å². The highest BCUT2D eigenvalue weighted by molar-refractivity contribution is 6.07. The van der Waals surface area contributed by atoms with Gasteiger partial charge in [0.25, 0.3) is 6.29 Å². The molecule has 0 aromatic carbocycles. The van der Waals surface area contributed by atoms with Crippen LogP contribution in [0, 0.1) is 11.8 Å². The molecule has 2 saturated heterocycles. The zero-order chi connectivity index (χ0) is 20.1. The summed E-state index contributed by atoms with van der Waals surface area (Å²) < 4.78 is 16.2. The van der Waals surface area contributed by atoms with E-state index >= 15 is 0 Å². The Morgan fingerprint density at radius 1 is 1.21 bits per heavy atom. The molecule has 3 aliphatic rings. The number of fused-ring (bicyclic) bond motifs is 5. The average Bonchev–Trinajstić information content (AvgIpc) is 3.29. The SMILES string of the molecule is CC(=O)OC(OC(C)=O)[C@@]12C=C[C@@H](O1)[C@@H]1C(=O)N(Cc3ccccn3)C(=O)[C@H]12. The van der Waals surface area contributed by atoms with Crippen molar-refractivity contribution in [2.45, 2.75) is 38.4 Å². The highest BCUT2D eigenvalue weighted by Crippen LogP contribution is 2.54. The molecule has 1 aromatic heterocycles. The van der Waals surface area contributed by atoms with Gasteiger partial charge in [0.1, 0.15) is 0 Å². The molecule has 1 aromatic rings. The monoisotopic (exact) mass is 386 g/mol. The molecule has 2 bridgehead atoms. The van der Waals surface area contributed by atoms with Crippen LogP contribution in [-0.4, -0.2) is 51.6 Å². The molecule has 4 atom stereocenters. The largest absolute Gasteiger partial charge is 0.422 e. The van der Waals surface area contributed by atoms with Crippen molar-refractivity contribution in [2.75, 3.05) is 0 Å². The number of likely N-dealkylation sites (tertiary alicyclic amines) is 1. The van der Waals surface area contributed by atoms with Gasteiger partial charge in [-0.25, -0.2) is 0 Å². The first kappa shape index (κ1) is 18.3. The molecular formula is C19H18N2O7. The van der Waals surface area contributed by atoms with Crippen LogP contribution in [0.1, 0.15) is 19.5 Å². The van der Waals surface area contributed by atoms with Gasteiger partial charge in [0, 0.05) is 20.0 Å². The van der Waals surface area contributed by atoms with Crippen LogP contribution in [0.2, 0.25) is 0 Å². The van der Waals surface area contributed by atoms with Crippen LogP contribution >= 0.6 is 0 Å². The first-order valence-electron chi connectivity index (χ1n) is 8.80. The fourth-order valence-corrected chi connectivity index (χ4v) is 4.09. The number of ether oxygens (including phenoxy) is 3. The summed E-state index contributed by atoms with van der Waals surface area (Å²) in [6.45, 7) is 2.34. The van der Waals surface area contributed by atoms with Crippen molar-refractivity contribution < 1.29 is 33.4 Å². The minimum absolute atomic E-state index is 0.0279. The molecule has 2 fully saturated rings. The normalized spacial score (nSPS) is 30.1. The van der Waals surface area contributed by atoms with Crippen molar-refractivity contribution in [3.8, 4) is 0 Å². The average molecular weight is 386 g/mol. The number of hydrogen-bond donors (Lipinski definition) is 0. The Bertz CT molecular complexity index is 868. The summed E-state index contributed by atoms with van der Waals surface area (Å²) in [4.78, 5) is 54.5. The van der Waals surface area contributed by atoms with E-state index in [0.717, 1.165) is 18.7 Å². The lowest BCUT2D eigenvalue weighted by atomic mass is 9.76. The molecule has 3 aliphatic heterocycles. The van der Waals surface area contributed by atoms with Crippen LogP contribution in [-0.2, 0) is 39.9 Å². The third-order valence-corrected chi connectivity index (χ3v) is 5.13. The van der Waals surface area contributed by atoms with Gasteiger partial charge >= 0.3 is 11.9 Å². The third kappa shape index (κ3) is 2.70. The number of amides is 2. The summed E-state index contributed by atoms with van der Waals surface area (Å²) >= 11 is 0. The zero-order valence-corrected chi connectivity index (χ0v) is 15.2. The summed E-state index contributed by atoms with van der Waals surface area (Å²) in [5.74, 6) is -3.99. The molecular weight excluding hydrogens is 368 g/mol. The van der Waals surface area contributed by atoms with Gasteiger partial charge in [-0.05, 0) is 18.2 Å². The molecule has 9 heteroatoms. The number of imide groups is 1. The summed E-state index contributed by atoms with van der Waals surface area (Å²) in [5.41, 5.74) is -0.964. The van der Waals surface area contributed by atoms with E-state index in [1.54, 1.807) is 36.5 Å². The number of carbonyl (C=O) groups is 4. The zero-order valence-electron chi connectivity index (χ0n) is 15.2. The molecule has 146 valence electrons. The second kappa shape index (κ2) is 6.52. The number of rotatable bonds is 5. The van der Waals surface area contributed by atoms with Gasteiger partial charge in [0.2, 0.25) is 11.8 Å². The van der Waals surface area contributed by atoms with Crippen LogP contribution in [0.15, 0.2) is 36.5 Å². The molecule has 0 unspecified atom stereocenters. The van der Waals surface area contributed by atoms with E-state index < -0.39 is 47.7 Å². The Balaban J connectivity index is 1.67. The molecule has 0 spiro atoms. The third-order valence-electron chi connectivity index (χ3n) is 5.13. The van der Waals surface area contributed by atoms with E-state index in [-0.39, 0.29) is 12.5 Å². The molecule has 4 heterocycles. The molecule has 28 heavy (non-hydrogen) atoms. The van der Waals surface area contributed by atoms with Crippen LogP contribution in [0.25, 0.3) is 0 Å². The summed E-state index contributed by atoms with van der Waals surface area (Å²) in [7, 11) is 0. The predicted molar refractivity (Wildman–Crippen MR) is 90.8 cm³/mol. The summed E-state index contributed by atoms with van der Waals surface area (Å²) in [6.07, 6.45) is 2.63. The quantitative estimate of drug-likeness (QED) is 0.308. The lowest BCUT2D eigenvalue weighted by Crippen LogP contribution is -2.52. The number of hydrogen-bond acceptors (Lipinski definition) is 8. The van der Waals surface area contributed by atoms with E-state index in [2.05, 4.69) is 4.98 Å². The van der Waals surface area contributed by atoms with E-state index in [1.165, 1.54) is 0 Å². The predicted octanol–water partition coefficient (Wildman–Crippen LogP) is 0.342. The van der Waals surface area contributed by atoms with E-state index in [0.29, 0.717) is 5.69 Å². The van der Waals surface area contributed by atoms with Crippen molar-refractivity contribution in [3.63, 3.8) is 0 Å². The molecule has 0 radical (unpaired) electrons. The Morgan fingerprint density at radius 2 is 1.93 bits per heavy atom. The number of carbonyl (C=O) groups excluding carboxylic acids is 4. The summed E-state index contributed by atoms with van der Waals surface area (Å²) in [6, 6.07) is 5.22. The van der Waals surface area contributed by atoms with Gasteiger partial charge in [0.15, 0.2) is 5.60 Å². The smallest absolute Gasteiger partial charge is 0.305 e. The fraction of sp³-hybridized carbons (Fsp3) is 0.421. The maximum atomic E-state index is 13.2. The molecule has 4 rings (SSSR count). The van der Waals surface area contributed by atoms with Crippen molar-refractivity contribution >= 4 is 23.8 Å². The van der Waals surface area contributed by atoms with Crippen LogP contribution < -0.4 is 0 Å². The Labute approximate surface area is 160 Å². The molecule has 0 aliphatic carbocycles. The number of aromatic nitrogens is 1. The summed E-state index contributed by atoms with van der Waals surface area (Å²) in [5, 5.41) is 0. The molecule has 9 nitrogen and oxygen atoms in total. The Hall–Kier alpha value is -3.07. The maximum Gasteiger partial charge on any atom is 0.305 e. The maximum absolute atomic E-state index is 13.2. The van der Waals surface area contributed by atoms with Gasteiger partial charge in [0.05, 0.1) is 30.2 Å². The van der Waals surface area contributed by atoms with Crippen molar-refractivity contribution in [3.05, 3.63) is 42.2 Å². The van der Waals surface area contributed by atoms with Crippen LogP contribution in [0.4, 0.5) is 0 Å². The van der Waals surface area contributed by atoms with E-state index in [9.17, 15) is 19.2 Å². The second-order valence-corrected chi connectivity index (χ2v) is 6.93. The topological polar surface area (TPSA) is 112 Å². The lowest BCUT2D eigenvalue weighted by molar-refractivity contribution is -0.227. The highest BCUT2D eigenvalue weighted by atomic mass is 16.7. The van der Waals surface area contributed by atoms with Crippen molar-refractivity contribution in [1.82, 2.24) is 9.88 Å². The van der Waals surface area contributed by atoms with E-state index in [1.807, 2.05) is 0 Å². The number of pyridine rings is 1. The minimum atomic E-state index is -1.53. The first-order chi connectivity index (χ1) is 13.3. The van der Waals surface area contributed by atoms with Gasteiger partial charge in [-0.3, -0.25) is 29.1 Å². The molecule has 0 N–H and O–H groups in total. The Kier molecular flexibility index (Phi) is 4.26. The van der Waals surface area contributed by atoms with Crippen LogP contribution in [0.3, 0.4) is 0 Å². The van der Waals surface area contributed by atoms with Gasteiger partial charge in [-0.1, -0.05) is 12.1 Å². The van der Waals surface area contributed by atoms with Gasteiger partial charge in [-0.15, -0.1) is 0 Å². The molecule has 0 saturated carbocycles. The lowest BCUT2D eigenvalue weighted by Gasteiger charge is -2.34. The second-order valence-electron chi connectivity index (χ2n) is 6.93. The Morgan fingerprint density at radius 3 is 2.54 bits per heavy atom. The fourth-order valence-electron chi connectivity index (χ4n) is 4.09. The van der Waals surface area contributed by atoms with Gasteiger partial charge < -0.3 is 14.2 Å². The van der Waals surface area contributed by atoms with Crippen molar-refractivity contribution in [1.29, 1.82) is 0 Å². The van der Waals surface area contributed by atoms with Gasteiger partial charge in [-0.2, -0.15) is 0 Å². The first-order valence-corrected chi connectivity index (χ1v) is 8.80. The van der Waals surface area contributed by atoms with Crippen LogP contribution in [0.5, 0.6) is 0 Å².